The van der Waals surface area contributed by atoms with Crippen molar-refractivity contribution in [3.8, 4) is 0 Å². The van der Waals surface area contributed by atoms with Crippen LogP contribution in [0.5, 0.6) is 0 Å². The summed E-state index contributed by atoms with van der Waals surface area (Å²) in [6.07, 6.45) is 0. The molecule has 0 aliphatic carbocycles. The highest BCUT2D eigenvalue weighted by Gasteiger charge is 2.21. The van der Waals surface area contributed by atoms with Gasteiger partial charge in [-0.05, 0) is 5.92 Å². The van der Waals surface area contributed by atoms with Gasteiger partial charge in [0.25, 0.3) is 0 Å². The van der Waals surface area contributed by atoms with Crippen molar-refractivity contribution in [1.29, 1.82) is 0 Å². The number of carbonyl (C=O) groups is 2. The molecule has 13 heavy (non-hydrogen) atoms. The first-order chi connectivity index (χ1) is 5.95. The Morgan fingerprint density at radius 1 is 1.23 bits per heavy atom. The average Bonchev–Trinajstić information content (AvgIpc) is 2.03. The first-order valence-corrected chi connectivity index (χ1v) is 4.45. The molecule has 0 aromatic heterocycles. The normalized spacial score (nSPS) is 11.2. The second kappa shape index (κ2) is 7.58. The lowest BCUT2D eigenvalue weighted by atomic mass is 10.1. The van der Waals surface area contributed by atoms with Gasteiger partial charge in [0.05, 0.1) is 0 Å². The maximum absolute atomic E-state index is 10.5. The molecule has 0 aromatic carbocycles. The van der Waals surface area contributed by atoms with Crippen LogP contribution in [0.3, 0.4) is 0 Å². The maximum Gasteiger partial charge on any atom is 0.326 e. The molecule has 4 nitrogen and oxygen atoms in total. The number of aliphatic carboxylic acids is 1. The molecule has 0 aliphatic rings. The third-order valence-electron chi connectivity index (χ3n) is 1.29. The third kappa shape index (κ3) is 7.31. The average molecular weight is 189 g/mol. The van der Waals surface area contributed by atoms with Gasteiger partial charge in [-0.25, -0.2) is 4.79 Å². The molecule has 0 rings (SSSR count). The summed E-state index contributed by atoms with van der Waals surface area (Å²) in [5.41, 5.74) is 0. The van der Waals surface area contributed by atoms with E-state index in [0.29, 0.717) is 0 Å². The van der Waals surface area contributed by atoms with Gasteiger partial charge in [0.2, 0.25) is 5.91 Å². The zero-order valence-corrected chi connectivity index (χ0v) is 8.92. The fraction of sp³-hybridized carbons (Fsp3) is 0.778. The molecule has 0 saturated heterocycles. The van der Waals surface area contributed by atoms with Crippen molar-refractivity contribution in [3.05, 3.63) is 0 Å². The van der Waals surface area contributed by atoms with Crippen LogP contribution in [0.4, 0.5) is 0 Å². The summed E-state index contributed by atoms with van der Waals surface area (Å²) in [5.74, 6) is -1.39. The van der Waals surface area contributed by atoms with Crippen LogP contribution in [0.25, 0.3) is 0 Å². The quantitative estimate of drug-likeness (QED) is 0.702. The van der Waals surface area contributed by atoms with Gasteiger partial charge in [-0.2, -0.15) is 0 Å². The largest absolute Gasteiger partial charge is 0.480 e. The minimum Gasteiger partial charge on any atom is -0.480 e. The van der Waals surface area contributed by atoms with E-state index in [0.717, 1.165) is 0 Å². The lowest BCUT2D eigenvalue weighted by Gasteiger charge is -2.16. The first kappa shape index (κ1) is 14.5. The molecule has 0 fully saturated rings. The van der Waals surface area contributed by atoms with Crippen LogP contribution in [-0.4, -0.2) is 23.0 Å². The number of nitrogens with one attached hydrogen (secondary N) is 1. The summed E-state index contributed by atoms with van der Waals surface area (Å²) in [5, 5.41) is 10.9. The van der Waals surface area contributed by atoms with E-state index in [2.05, 4.69) is 5.32 Å². The molecule has 2 N–H and O–H groups in total. The van der Waals surface area contributed by atoms with Crippen molar-refractivity contribution in [2.45, 2.75) is 40.7 Å². The predicted molar refractivity (Wildman–Crippen MR) is 51.4 cm³/mol. The van der Waals surface area contributed by atoms with Gasteiger partial charge in [-0.15, -0.1) is 0 Å². The molecule has 4 heteroatoms. The Bertz CT molecular complexity index is 166. The van der Waals surface area contributed by atoms with Gasteiger partial charge in [-0.3, -0.25) is 4.79 Å². The van der Waals surface area contributed by atoms with Crippen molar-refractivity contribution in [2.24, 2.45) is 5.92 Å². The number of rotatable bonds is 3. The molecular formula is C9H19NO3. The highest BCUT2D eigenvalue weighted by molar-refractivity contribution is 5.82. The monoisotopic (exact) mass is 189 g/mol. The lowest BCUT2D eigenvalue weighted by Crippen LogP contribution is -2.43. The molecule has 1 amide bonds. The number of amides is 1. The number of hydrogen-bond donors (Lipinski definition) is 2. The van der Waals surface area contributed by atoms with Crippen LogP contribution in [0, 0.1) is 5.92 Å². The van der Waals surface area contributed by atoms with E-state index in [1.165, 1.54) is 6.92 Å². The summed E-state index contributed by atoms with van der Waals surface area (Å²) < 4.78 is 0. The molecule has 1 unspecified atom stereocenters. The molecule has 0 spiro atoms. The summed E-state index contributed by atoms with van der Waals surface area (Å²) in [6, 6.07) is -0.771. The van der Waals surface area contributed by atoms with Gasteiger partial charge in [0.1, 0.15) is 6.04 Å². The van der Waals surface area contributed by atoms with Crippen LogP contribution >= 0.6 is 0 Å². The molecule has 78 valence electrons. The minimum absolute atomic E-state index is 0.0867. The van der Waals surface area contributed by atoms with Crippen LogP contribution < -0.4 is 5.32 Å². The molecule has 1 atom stereocenters. The third-order valence-corrected chi connectivity index (χ3v) is 1.29. The fourth-order valence-corrected chi connectivity index (χ4v) is 0.733. The van der Waals surface area contributed by atoms with Crippen molar-refractivity contribution in [1.82, 2.24) is 5.32 Å². The van der Waals surface area contributed by atoms with E-state index in [4.69, 9.17) is 5.11 Å². The smallest absolute Gasteiger partial charge is 0.326 e. The Kier molecular flexibility index (Phi) is 8.44. The molecule has 0 saturated carbocycles. The maximum atomic E-state index is 10.5. The van der Waals surface area contributed by atoms with Crippen molar-refractivity contribution >= 4 is 11.9 Å². The Morgan fingerprint density at radius 3 is 1.69 bits per heavy atom. The van der Waals surface area contributed by atoms with Crippen LogP contribution in [0.1, 0.15) is 34.6 Å². The van der Waals surface area contributed by atoms with E-state index in [9.17, 15) is 9.59 Å². The number of carboxylic acids is 1. The lowest BCUT2D eigenvalue weighted by molar-refractivity contribution is -0.142. The van der Waals surface area contributed by atoms with Gasteiger partial charge in [-0.1, -0.05) is 27.7 Å². The number of carbonyl (C=O) groups excluding carboxylic acids is 1. The van der Waals surface area contributed by atoms with Crippen LogP contribution in [-0.2, 0) is 9.59 Å². The second-order valence-electron chi connectivity index (χ2n) is 2.76. The summed E-state index contributed by atoms with van der Waals surface area (Å²) >= 11 is 0. The van der Waals surface area contributed by atoms with Crippen molar-refractivity contribution in [3.63, 3.8) is 0 Å². The SMILES string of the molecule is CC.CC(=O)NC(C(=O)O)C(C)C. The number of hydrogen-bond acceptors (Lipinski definition) is 2. The molecule has 0 bridgehead atoms. The standard InChI is InChI=1S/C7H13NO3.C2H6/c1-4(2)6(7(10)11)8-5(3)9;1-2/h4,6H,1-3H3,(H,8,9)(H,10,11);1-2H3. The number of carboxylic acid groups (broad SMARTS) is 1. The Balaban J connectivity index is 0. The van der Waals surface area contributed by atoms with Crippen molar-refractivity contribution in [2.75, 3.05) is 0 Å². The molecule has 0 aliphatic heterocycles. The zero-order valence-electron chi connectivity index (χ0n) is 8.92. The topological polar surface area (TPSA) is 66.4 Å². The van der Waals surface area contributed by atoms with E-state index in [1.807, 2.05) is 13.8 Å². The van der Waals surface area contributed by atoms with E-state index >= 15 is 0 Å². The summed E-state index contributed by atoms with van der Waals surface area (Å²) in [6.45, 7) is 8.79. The predicted octanol–water partition coefficient (Wildman–Crippen LogP) is 1.26. The van der Waals surface area contributed by atoms with E-state index in [-0.39, 0.29) is 11.8 Å². The summed E-state index contributed by atoms with van der Waals surface area (Å²) in [4.78, 5) is 21.0. The zero-order chi connectivity index (χ0) is 11.0. The highest BCUT2D eigenvalue weighted by Crippen LogP contribution is 2.00. The Hall–Kier alpha value is -1.06. The van der Waals surface area contributed by atoms with Crippen LogP contribution in [0.15, 0.2) is 0 Å². The van der Waals surface area contributed by atoms with Crippen molar-refractivity contribution < 1.29 is 14.7 Å². The second-order valence-corrected chi connectivity index (χ2v) is 2.76. The molecular weight excluding hydrogens is 170 g/mol. The highest BCUT2D eigenvalue weighted by atomic mass is 16.4. The first-order valence-electron chi connectivity index (χ1n) is 4.45. The molecule has 0 heterocycles. The van der Waals surface area contributed by atoms with Gasteiger partial charge < -0.3 is 10.4 Å². The minimum atomic E-state index is -0.991. The van der Waals surface area contributed by atoms with Gasteiger partial charge in [0.15, 0.2) is 0 Å². The molecule has 0 radical (unpaired) electrons. The van der Waals surface area contributed by atoms with Gasteiger partial charge >= 0.3 is 5.97 Å². The van der Waals surface area contributed by atoms with Crippen LogP contribution in [0.2, 0.25) is 0 Å². The van der Waals surface area contributed by atoms with E-state index in [1.54, 1.807) is 13.8 Å². The summed E-state index contributed by atoms with van der Waals surface area (Å²) in [7, 11) is 0. The van der Waals surface area contributed by atoms with E-state index < -0.39 is 12.0 Å². The fourth-order valence-electron chi connectivity index (χ4n) is 0.733. The Morgan fingerprint density at radius 2 is 1.62 bits per heavy atom. The van der Waals surface area contributed by atoms with Gasteiger partial charge in [0, 0.05) is 6.92 Å². The Labute approximate surface area is 79.3 Å². The molecule has 0 aromatic rings.